The van der Waals surface area contributed by atoms with Crippen molar-refractivity contribution in [2.24, 2.45) is 0 Å². The second-order valence-corrected chi connectivity index (χ2v) is 3.09. The Morgan fingerprint density at radius 1 is 1.69 bits per heavy atom. The van der Waals surface area contributed by atoms with Gasteiger partial charge in [-0.05, 0) is 18.4 Å². The Bertz CT molecular complexity index is 281. The van der Waals surface area contributed by atoms with Crippen LogP contribution in [0.2, 0.25) is 0 Å². The monoisotopic (exact) mass is 202 g/mol. The van der Waals surface area contributed by atoms with Crippen LogP contribution in [0.1, 0.15) is 16.6 Å². The van der Waals surface area contributed by atoms with Crippen LogP contribution in [-0.4, -0.2) is 24.5 Å². The first-order valence-corrected chi connectivity index (χ1v) is 4.65. The molecule has 0 saturated heterocycles. The molecular weight excluding hydrogens is 192 g/mol. The van der Waals surface area contributed by atoms with E-state index in [1.807, 2.05) is 6.92 Å². The van der Waals surface area contributed by atoms with Gasteiger partial charge >= 0.3 is 5.97 Å². The Morgan fingerprint density at radius 2 is 2.46 bits per heavy atom. The van der Waals surface area contributed by atoms with Crippen LogP contribution in [0.15, 0.2) is 11.4 Å². The summed E-state index contributed by atoms with van der Waals surface area (Å²) in [5.41, 5.74) is 0. The highest BCUT2D eigenvalue weighted by Gasteiger charge is 2.12. The summed E-state index contributed by atoms with van der Waals surface area (Å²) in [6.45, 7) is 2.48. The average Bonchev–Trinajstić information content (AvgIpc) is 2.53. The van der Waals surface area contributed by atoms with E-state index in [1.54, 1.807) is 11.4 Å². The molecule has 0 aromatic carbocycles. The highest BCUT2D eigenvalue weighted by Crippen LogP contribution is 2.24. The molecule has 0 unspecified atom stereocenters. The van der Waals surface area contributed by atoms with E-state index in [4.69, 9.17) is 14.6 Å². The molecule has 1 aromatic rings. The van der Waals surface area contributed by atoms with Crippen LogP contribution in [0.25, 0.3) is 0 Å². The van der Waals surface area contributed by atoms with E-state index in [0.717, 1.165) is 11.3 Å². The van der Waals surface area contributed by atoms with Crippen molar-refractivity contribution in [3.05, 3.63) is 16.3 Å². The van der Waals surface area contributed by atoms with Gasteiger partial charge in [0.2, 0.25) is 0 Å². The number of carbonyl (C=O) groups is 1. The molecule has 13 heavy (non-hydrogen) atoms. The largest absolute Gasteiger partial charge is 0.477 e. The molecular formula is C8H10O4S. The van der Waals surface area contributed by atoms with Gasteiger partial charge in [0.1, 0.15) is 5.75 Å². The van der Waals surface area contributed by atoms with Gasteiger partial charge < -0.3 is 14.6 Å². The number of carboxylic acid groups (broad SMARTS) is 1. The van der Waals surface area contributed by atoms with Crippen LogP contribution in [0.4, 0.5) is 0 Å². The van der Waals surface area contributed by atoms with Crippen LogP contribution >= 0.6 is 11.3 Å². The SMILES string of the molecule is CCOCOc1ccsc1C(=O)O. The number of rotatable bonds is 5. The van der Waals surface area contributed by atoms with E-state index in [1.165, 1.54) is 0 Å². The first kappa shape index (κ1) is 10.0. The van der Waals surface area contributed by atoms with Gasteiger partial charge in [0.05, 0.1) is 0 Å². The zero-order chi connectivity index (χ0) is 9.68. The number of carboxylic acids is 1. The number of aromatic carboxylic acids is 1. The summed E-state index contributed by atoms with van der Waals surface area (Å²) in [7, 11) is 0. The summed E-state index contributed by atoms with van der Waals surface area (Å²) >= 11 is 1.14. The van der Waals surface area contributed by atoms with Gasteiger partial charge in [-0.1, -0.05) is 0 Å². The Morgan fingerprint density at radius 3 is 3.08 bits per heavy atom. The van der Waals surface area contributed by atoms with Gasteiger partial charge in [0, 0.05) is 6.61 Å². The topological polar surface area (TPSA) is 55.8 Å². The van der Waals surface area contributed by atoms with Crippen molar-refractivity contribution in [2.75, 3.05) is 13.4 Å². The lowest BCUT2D eigenvalue weighted by Gasteiger charge is -2.03. The first-order chi connectivity index (χ1) is 6.25. The second-order valence-electron chi connectivity index (χ2n) is 2.17. The normalized spacial score (nSPS) is 9.92. The lowest BCUT2D eigenvalue weighted by Crippen LogP contribution is -2.04. The van der Waals surface area contributed by atoms with Gasteiger partial charge in [0.25, 0.3) is 0 Å². The predicted octanol–water partition coefficient (Wildman–Crippen LogP) is 1.82. The molecule has 1 N–H and O–H groups in total. The summed E-state index contributed by atoms with van der Waals surface area (Å²) < 4.78 is 10.0. The van der Waals surface area contributed by atoms with Crippen molar-refractivity contribution < 1.29 is 19.4 Å². The van der Waals surface area contributed by atoms with Crippen LogP contribution in [0.5, 0.6) is 5.75 Å². The fourth-order valence-corrected chi connectivity index (χ4v) is 1.43. The minimum atomic E-state index is -0.971. The molecule has 0 aliphatic heterocycles. The molecule has 0 aliphatic rings. The zero-order valence-electron chi connectivity index (χ0n) is 7.15. The van der Waals surface area contributed by atoms with Crippen molar-refractivity contribution in [1.82, 2.24) is 0 Å². The molecule has 0 saturated carbocycles. The quantitative estimate of drug-likeness (QED) is 0.584. The van der Waals surface area contributed by atoms with E-state index >= 15 is 0 Å². The third kappa shape index (κ3) is 2.71. The van der Waals surface area contributed by atoms with E-state index in [-0.39, 0.29) is 11.7 Å². The Kier molecular flexibility index (Phi) is 3.72. The molecule has 0 atom stereocenters. The molecule has 0 fully saturated rings. The van der Waals surface area contributed by atoms with E-state index in [0.29, 0.717) is 12.4 Å². The molecule has 4 nitrogen and oxygen atoms in total. The minimum absolute atomic E-state index is 0.0908. The first-order valence-electron chi connectivity index (χ1n) is 3.77. The van der Waals surface area contributed by atoms with Crippen molar-refractivity contribution in [3.63, 3.8) is 0 Å². The van der Waals surface area contributed by atoms with Crippen LogP contribution < -0.4 is 4.74 Å². The smallest absolute Gasteiger partial charge is 0.349 e. The molecule has 0 spiro atoms. The molecule has 1 aromatic heterocycles. The average molecular weight is 202 g/mol. The van der Waals surface area contributed by atoms with Crippen LogP contribution in [-0.2, 0) is 4.74 Å². The van der Waals surface area contributed by atoms with Gasteiger partial charge in [0.15, 0.2) is 11.7 Å². The summed E-state index contributed by atoms with van der Waals surface area (Å²) in [5, 5.41) is 10.4. The molecule has 0 aliphatic carbocycles. The van der Waals surface area contributed by atoms with E-state index in [2.05, 4.69) is 0 Å². The number of hydrogen-bond donors (Lipinski definition) is 1. The second kappa shape index (κ2) is 4.84. The van der Waals surface area contributed by atoms with Gasteiger partial charge in [-0.2, -0.15) is 0 Å². The summed E-state index contributed by atoms with van der Waals surface area (Å²) in [6.07, 6.45) is 0. The maximum Gasteiger partial charge on any atom is 0.349 e. The standard InChI is InChI=1S/C8H10O4S/c1-2-11-5-12-6-3-4-13-7(6)8(9)10/h3-4H,2,5H2,1H3,(H,9,10). The predicted molar refractivity (Wildman–Crippen MR) is 48.4 cm³/mol. The molecule has 1 rings (SSSR count). The van der Waals surface area contributed by atoms with E-state index < -0.39 is 5.97 Å². The van der Waals surface area contributed by atoms with Crippen LogP contribution in [0.3, 0.4) is 0 Å². The van der Waals surface area contributed by atoms with Gasteiger partial charge in [-0.25, -0.2) is 4.79 Å². The Labute approximate surface area is 79.7 Å². The third-order valence-electron chi connectivity index (χ3n) is 1.33. The van der Waals surface area contributed by atoms with E-state index in [9.17, 15) is 4.79 Å². The van der Waals surface area contributed by atoms with Crippen molar-refractivity contribution in [1.29, 1.82) is 0 Å². The fourth-order valence-electron chi connectivity index (χ4n) is 0.756. The molecule has 0 bridgehead atoms. The Balaban J connectivity index is 2.55. The lowest BCUT2D eigenvalue weighted by atomic mass is 10.4. The summed E-state index contributed by atoms with van der Waals surface area (Å²) in [5.74, 6) is -0.604. The van der Waals surface area contributed by atoms with Crippen molar-refractivity contribution >= 4 is 17.3 Å². The Hall–Kier alpha value is -1.07. The number of hydrogen-bond acceptors (Lipinski definition) is 4. The molecule has 0 radical (unpaired) electrons. The number of ether oxygens (including phenoxy) is 2. The summed E-state index contributed by atoms with van der Waals surface area (Å²) in [6, 6.07) is 1.62. The van der Waals surface area contributed by atoms with Crippen molar-refractivity contribution in [2.45, 2.75) is 6.92 Å². The maximum atomic E-state index is 10.6. The molecule has 5 heteroatoms. The summed E-state index contributed by atoms with van der Waals surface area (Å²) in [4.78, 5) is 10.8. The van der Waals surface area contributed by atoms with Crippen molar-refractivity contribution in [3.8, 4) is 5.75 Å². The minimum Gasteiger partial charge on any atom is -0.477 e. The van der Waals surface area contributed by atoms with Gasteiger partial charge in [-0.3, -0.25) is 0 Å². The molecule has 72 valence electrons. The molecule has 1 heterocycles. The molecule has 0 amide bonds. The third-order valence-corrected chi connectivity index (χ3v) is 2.21. The van der Waals surface area contributed by atoms with Crippen LogP contribution in [0, 0.1) is 0 Å². The number of thiophene rings is 1. The van der Waals surface area contributed by atoms with Gasteiger partial charge in [-0.15, -0.1) is 11.3 Å². The lowest BCUT2D eigenvalue weighted by molar-refractivity contribution is 0.0217. The maximum absolute atomic E-state index is 10.6. The fraction of sp³-hybridized carbons (Fsp3) is 0.375. The highest BCUT2D eigenvalue weighted by molar-refractivity contribution is 7.12. The highest BCUT2D eigenvalue weighted by atomic mass is 32.1. The zero-order valence-corrected chi connectivity index (χ0v) is 7.97.